The number of hydrogen-bond acceptors (Lipinski definition) is 2. The highest BCUT2D eigenvalue weighted by Gasteiger charge is 2.36. The molecule has 0 spiro atoms. The molecule has 0 atom stereocenters. The Bertz CT molecular complexity index is 1370. The molecule has 1 aliphatic rings. The molecule has 1 N–H and O–H groups in total. The van der Waals surface area contributed by atoms with Crippen LogP contribution < -0.4 is 4.72 Å². The molecule has 35 heavy (non-hydrogen) atoms. The highest BCUT2D eigenvalue weighted by atomic mass is 32.2. The molecule has 1 aromatic heterocycles. The number of hydrogen-bond donors (Lipinski definition) is 1. The number of nitrogens with zero attached hydrogens (tertiary/aromatic N) is 1. The van der Waals surface area contributed by atoms with Crippen LogP contribution in [0.25, 0.3) is 22.0 Å². The Morgan fingerprint density at radius 3 is 2.29 bits per heavy atom. The van der Waals surface area contributed by atoms with Crippen molar-refractivity contribution >= 4 is 20.9 Å². The van der Waals surface area contributed by atoms with Crippen molar-refractivity contribution in [2.75, 3.05) is 6.54 Å². The first-order chi connectivity index (χ1) is 16.2. The molecule has 3 aromatic rings. The largest absolute Gasteiger partial charge is 0.417 e. The Hall–Kier alpha value is -2.46. The topological polar surface area (TPSA) is 51.1 Å². The van der Waals surface area contributed by atoms with Crippen LogP contribution in [-0.2, 0) is 29.2 Å². The van der Waals surface area contributed by atoms with Crippen LogP contribution in [0.5, 0.6) is 0 Å². The van der Waals surface area contributed by atoms with Gasteiger partial charge >= 0.3 is 6.18 Å². The molecule has 4 nitrogen and oxygen atoms in total. The van der Waals surface area contributed by atoms with E-state index < -0.39 is 39.0 Å². The number of alkyl halides is 3. The summed E-state index contributed by atoms with van der Waals surface area (Å²) >= 11 is 0. The lowest BCUT2D eigenvalue weighted by molar-refractivity contribution is -0.137. The Labute approximate surface area is 201 Å². The molecule has 0 saturated heterocycles. The number of benzene rings is 2. The van der Waals surface area contributed by atoms with Crippen LogP contribution in [0.15, 0.2) is 36.5 Å². The predicted octanol–water partition coefficient (Wildman–Crippen LogP) is 6.28. The summed E-state index contributed by atoms with van der Waals surface area (Å²) in [6.07, 6.45) is -1.43. The van der Waals surface area contributed by atoms with Gasteiger partial charge in [0.05, 0.1) is 16.3 Å². The minimum absolute atomic E-state index is 0.108. The maximum absolute atomic E-state index is 15.9. The van der Waals surface area contributed by atoms with E-state index in [1.54, 1.807) is 10.8 Å². The number of sulfonamides is 1. The number of fused-ring (bicyclic) bond motifs is 1. The van der Waals surface area contributed by atoms with Crippen molar-refractivity contribution in [3.05, 3.63) is 59.3 Å². The molecule has 2 aromatic carbocycles. The molecule has 1 saturated carbocycles. The first kappa shape index (κ1) is 25.6. The van der Waals surface area contributed by atoms with Crippen molar-refractivity contribution in [2.24, 2.45) is 5.41 Å². The van der Waals surface area contributed by atoms with Gasteiger partial charge in [-0.3, -0.25) is 0 Å². The molecule has 0 bridgehead atoms. The molecule has 0 amide bonds. The van der Waals surface area contributed by atoms with Crippen molar-refractivity contribution in [3.63, 3.8) is 0 Å². The van der Waals surface area contributed by atoms with Gasteiger partial charge < -0.3 is 4.57 Å². The van der Waals surface area contributed by atoms with Gasteiger partial charge in [0.15, 0.2) is 0 Å². The van der Waals surface area contributed by atoms with E-state index in [1.165, 1.54) is 12.1 Å². The fraction of sp³-hybridized carbons (Fsp3) is 0.440. The summed E-state index contributed by atoms with van der Waals surface area (Å²) in [6, 6.07) is 4.97. The van der Waals surface area contributed by atoms with Crippen molar-refractivity contribution in [3.8, 4) is 11.1 Å². The molecule has 4 rings (SSSR count). The lowest BCUT2D eigenvalue weighted by Crippen LogP contribution is -2.30. The van der Waals surface area contributed by atoms with Gasteiger partial charge in [0.1, 0.15) is 11.6 Å². The molecule has 1 fully saturated rings. The van der Waals surface area contributed by atoms with Crippen LogP contribution >= 0.6 is 0 Å². The average Bonchev–Trinajstić information content (AvgIpc) is 3.52. The first-order valence-electron chi connectivity index (χ1n) is 11.3. The Balaban J connectivity index is 1.79. The van der Waals surface area contributed by atoms with E-state index in [9.17, 15) is 26.0 Å². The lowest BCUT2D eigenvalue weighted by atomic mass is 9.87. The summed E-state index contributed by atoms with van der Waals surface area (Å²) in [6.45, 7) is 6.23. The van der Waals surface area contributed by atoms with E-state index >= 15 is 4.39 Å². The second-order valence-electron chi connectivity index (χ2n) is 10.2. The van der Waals surface area contributed by atoms with Crippen LogP contribution in [0.3, 0.4) is 0 Å². The zero-order chi connectivity index (χ0) is 25.8. The van der Waals surface area contributed by atoms with E-state index in [-0.39, 0.29) is 34.7 Å². The van der Waals surface area contributed by atoms with Gasteiger partial charge in [0, 0.05) is 30.2 Å². The van der Waals surface area contributed by atoms with Crippen molar-refractivity contribution in [2.45, 2.75) is 58.0 Å². The monoisotopic (exact) mass is 514 g/mol. The second-order valence-corrected chi connectivity index (χ2v) is 12.3. The molecular formula is C25H27F5N2O2S. The molecular weight excluding hydrogens is 487 g/mol. The third-order valence-corrected chi connectivity index (χ3v) is 7.93. The first-order valence-corrected chi connectivity index (χ1v) is 12.9. The smallest absolute Gasteiger partial charge is 0.346 e. The second kappa shape index (κ2) is 8.89. The van der Waals surface area contributed by atoms with E-state index in [0.29, 0.717) is 36.4 Å². The molecule has 1 aliphatic carbocycles. The Morgan fingerprint density at radius 1 is 1.03 bits per heavy atom. The summed E-state index contributed by atoms with van der Waals surface area (Å²) in [4.78, 5) is 0. The molecule has 10 heteroatoms. The van der Waals surface area contributed by atoms with E-state index in [1.807, 2.05) is 20.8 Å². The molecule has 0 radical (unpaired) electrons. The highest BCUT2D eigenvalue weighted by molar-refractivity contribution is 7.90. The standard InChI is InChI=1S/C25H27F5N2O2S/c1-24(2,3)13-15-14-32(11-10-31-35(33,34)17-5-6-17)21-9-8-19(23(27)22(15)21)18-7-4-16(26)12-20(18)25(28,29)30/h4,7-9,12,14,17,31H,5-6,10-11,13H2,1-3H3. The number of rotatable bonds is 7. The molecule has 190 valence electrons. The van der Waals surface area contributed by atoms with Gasteiger partial charge in [0.25, 0.3) is 0 Å². The van der Waals surface area contributed by atoms with Crippen LogP contribution in [0.2, 0.25) is 0 Å². The van der Waals surface area contributed by atoms with Gasteiger partial charge in [-0.25, -0.2) is 21.9 Å². The maximum Gasteiger partial charge on any atom is 0.417 e. The SMILES string of the molecule is CC(C)(C)Cc1cn(CCNS(=O)(=O)C2CC2)c2ccc(-c3ccc(F)cc3C(F)(F)F)c(F)c12. The summed E-state index contributed by atoms with van der Waals surface area (Å²) in [5, 5.41) is -0.182. The van der Waals surface area contributed by atoms with Crippen molar-refractivity contribution in [1.82, 2.24) is 9.29 Å². The fourth-order valence-electron chi connectivity index (χ4n) is 4.32. The minimum Gasteiger partial charge on any atom is -0.346 e. The van der Waals surface area contributed by atoms with Crippen molar-refractivity contribution < 1.29 is 30.4 Å². The molecule has 0 unspecified atom stereocenters. The quantitative estimate of drug-likeness (QED) is 0.378. The van der Waals surface area contributed by atoms with Crippen molar-refractivity contribution in [1.29, 1.82) is 0 Å². The third kappa shape index (κ3) is 5.53. The van der Waals surface area contributed by atoms with Crippen LogP contribution in [0, 0.1) is 17.0 Å². The van der Waals surface area contributed by atoms with Gasteiger partial charge in [-0.15, -0.1) is 0 Å². The van der Waals surface area contributed by atoms with E-state index in [0.717, 1.165) is 12.1 Å². The molecule has 0 aliphatic heterocycles. The van der Waals surface area contributed by atoms with Gasteiger partial charge in [-0.1, -0.05) is 26.8 Å². The van der Waals surface area contributed by atoms with Crippen LogP contribution in [0.1, 0.15) is 44.7 Å². The fourth-order valence-corrected chi connectivity index (χ4v) is 5.69. The summed E-state index contributed by atoms with van der Waals surface area (Å²) in [5.74, 6) is -1.88. The number of halogens is 5. The van der Waals surface area contributed by atoms with Gasteiger partial charge in [-0.2, -0.15) is 13.2 Å². The van der Waals surface area contributed by atoms with Crippen LogP contribution in [-0.4, -0.2) is 24.8 Å². The Morgan fingerprint density at radius 2 is 1.69 bits per heavy atom. The zero-order valence-corrected chi connectivity index (χ0v) is 20.5. The van der Waals surface area contributed by atoms with Crippen LogP contribution in [0.4, 0.5) is 22.0 Å². The van der Waals surface area contributed by atoms with Gasteiger partial charge in [0.2, 0.25) is 10.0 Å². The number of aromatic nitrogens is 1. The predicted molar refractivity (Wildman–Crippen MR) is 125 cm³/mol. The zero-order valence-electron chi connectivity index (χ0n) is 19.6. The lowest BCUT2D eigenvalue weighted by Gasteiger charge is -2.18. The van der Waals surface area contributed by atoms with E-state index in [4.69, 9.17) is 0 Å². The molecule has 1 heterocycles. The average molecular weight is 515 g/mol. The Kier molecular flexibility index (Phi) is 6.51. The normalized spacial score (nSPS) is 15.2. The number of nitrogens with one attached hydrogen (secondary N) is 1. The summed E-state index contributed by atoms with van der Waals surface area (Å²) in [5.41, 5.74) is -1.15. The van der Waals surface area contributed by atoms with Gasteiger partial charge in [-0.05, 0) is 60.1 Å². The third-order valence-electron chi connectivity index (χ3n) is 5.98. The summed E-state index contributed by atoms with van der Waals surface area (Å²) < 4.78 is 98.9. The summed E-state index contributed by atoms with van der Waals surface area (Å²) in [7, 11) is -3.38. The highest BCUT2D eigenvalue weighted by Crippen LogP contribution is 2.41. The minimum atomic E-state index is -4.86. The maximum atomic E-state index is 15.9. The van der Waals surface area contributed by atoms with E-state index in [2.05, 4.69) is 4.72 Å².